The van der Waals surface area contributed by atoms with Crippen LogP contribution in [0.4, 0.5) is 0 Å². The average Bonchev–Trinajstić information content (AvgIpc) is 3.75. The Hall–Kier alpha value is -5.49. The Bertz CT molecular complexity index is 2120. The monoisotopic (exact) mass is 504 g/mol. The van der Waals surface area contributed by atoms with Crippen molar-refractivity contribution in [2.45, 2.75) is 0 Å². The van der Waals surface area contributed by atoms with E-state index in [4.69, 9.17) is 13.8 Å². The first-order valence-electron chi connectivity index (χ1n) is 12.7. The summed E-state index contributed by atoms with van der Waals surface area (Å²) < 4.78 is 14.2. The summed E-state index contributed by atoms with van der Waals surface area (Å²) in [7, 11) is 0. The van der Waals surface area contributed by atoms with Crippen LogP contribution < -0.4 is 0 Å². The number of rotatable bonds is 4. The van der Waals surface area contributed by atoms with E-state index in [1.54, 1.807) is 12.5 Å². The lowest BCUT2D eigenvalue weighted by Crippen LogP contribution is -1.95. The van der Waals surface area contributed by atoms with E-state index in [2.05, 4.69) is 81.3 Å². The Kier molecular flexibility index (Phi) is 4.72. The number of hydrogen-bond donors (Lipinski definition) is 0. The van der Waals surface area contributed by atoms with E-state index in [1.165, 1.54) is 5.39 Å². The molecule has 0 aliphatic carbocycles. The van der Waals surface area contributed by atoms with E-state index in [9.17, 15) is 0 Å². The number of fused-ring (bicyclic) bond motifs is 4. The molecule has 0 amide bonds. The third-order valence-corrected chi connectivity index (χ3v) is 7.06. The van der Waals surface area contributed by atoms with Gasteiger partial charge in [0.2, 0.25) is 11.8 Å². The van der Waals surface area contributed by atoms with Crippen LogP contribution in [0.1, 0.15) is 0 Å². The zero-order valence-electron chi connectivity index (χ0n) is 20.7. The van der Waals surface area contributed by atoms with E-state index in [0.29, 0.717) is 17.4 Å². The van der Waals surface area contributed by atoms with Crippen LogP contribution >= 0.6 is 0 Å². The zero-order valence-corrected chi connectivity index (χ0v) is 20.7. The number of nitrogens with zero attached hydrogens (tertiary/aromatic N) is 4. The second-order valence-electron chi connectivity index (χ2n) is 9.36. The van der Waals surface area contributed by atoms with Gasteiger partial charge in [0, 0.05) is 33.8 Å². The molecule has 0 aliphatic rings. The van der Waals surface area contributed by atoms with Crippen molar-refractivity contribution < 1.29 is 8.83 Å². The maximum atomic E-state index is 6.33. The molecule has 0 bridgehead atoms. The second-order valence-corrected chi connectivity index (χ2v) is 9.36. The van der Waals surface area contributed by atoms with Crippen LogP contribution in [0, 0.1) is 0 Å². The maximum absolute atomic E-state index is 6.33. The molecule has 0 atom stereocenters. The topological polar surface area (TPSA) is 69.9 Å². The molecule has 0 aliphatic heterocycles. The minimum Gasteiger partial charge on any atom is -0.444 e. The minimum absolute atomic E-state index is 0.506. The van der Waals surface area contributed by atoms with Crippen LogP contribution in [0.5, 0.6) is 0 Å². The van der Waals surface area contributed by atoms with Crippen molar-refractivity contribution in [1.82, 2.24) is 19.5 Å². The second kappa shape index (κ2) is 8.53. The summed E-state index contributed by atoms with van der Waals surface area (Å²) in [5, 5.41) is 2.35. The van der Waals surface area contributed by atoms with Crippen molar-refractivity contribution in [2.75, 3.05) is 0 Å². The Morgan fingerprint density at radius 3 is 2.41 bits per heavy atom. The minimum atomic E-state index is 0.506. The molecule has 184 valence electrons. The van der Waals surface area contributed by atoms with Crippen LogP contribution in [-0.4, -0.2) is 19.5 Å². The van der Waals surface area contributed by atoms with Gasteiger partial charge in [-0.2, -0.15) is 0 Å². The van der Waals surface area contributed by atoms with Crippen molar-refractivity contribution >= 4 is 32.9 Å². The van der Waals surface area contributed by atoms with Crippen LogP contribution in [0.25, 0.3) is 72.8 Å². The number of para-hydroxylation sites is 2. The van der Waals surface area contributed by atoms with E-state index in [-0.39, 0.29) is 0 Å². The summed E-state index contributed by atoms with van der Waals surface area (Å²) in [6.07, 6.45) is 5.00. The third kappa shape index (κ3) is 3.46. The molecular formula is C33H20N4O2. The van der Waals surface area contributed by atoms with Gasteiger partial charge >= 0.3 is 0 Å². The first-order chi connectivity index (χ1) is 19.3. The van der Waals surface area contributed by atoms with Gasteiger partial charge in [0.1, 0.15) is 11.8 Å². The Morgan fingerprint density at radius 1 is 0.615 bits per heavy atom. The first-order valence-corrected chi connectivity index (χ1v) is 12.7. The van der Waals surface area contributed by atoms with Gasteiger partial charge in [-0.15, -0.1) is 0 Å². The van der Waals surface area contributed by atoms with Gasteiger partial charge in [-0.05, 0) is 54.6 Å². The lowest BCUT2D eigenvalue weighted by Gasteiger charge is -2.10. The molecule has 6 heteroatoms. The molecule has 0 fully saturated rings. The molecule has 4 aromatic carbocycles. The molecule has 4 heterocycles. The fourth-order valence-electron chi connectivity index (χ4n) is 5.32. The maximum Gasteiger partial charge on any atom is 0.229 e. The van der Waals surface area contributed by atoms with E-state index in [0.717, 1.165) is 50.0 Å². The standard InChI is InChI=1S/C33H20N4O2/c1-2-13-29-24(9-1)25-15-14-22(32-36-28-12-6-10-26(31(28)39-32)33-35-17-18-38-33)20-30(25)37(29)23-8-5-7-21(19-23)27-11-3-4-16-34-27/h1-20H. The highest BCUT2D eigenvalue weighted by atomic mass is 16.4. The zero-order chi connectivity index (χ0) is 25.8. The molecular weight excluding hydrogens is 484 g/mol. The van der Waals surface area contributed by atoms with Crippen LogP contribution in [-0.2, 0) is 0 Å². The number of oxazole rings is 2. The molecule has 0 N–H and O–H groups in total. The number of hydrogen-bond acceptors (Lipinski definition) is 5. The summed E-state index contributed by atoms with van der Waals surface area (Å²) in [5.74, 6) is 1.05. The molecule has 0 saturated carbocycles. The SMILES string of the molecule is c1ccc(-c2cccc(-n3c4ccccc4c4ccc(-c5nc6cccc(-c7ncco7)c6o5)cc43)c2)nc1. The van der Waals surface area contributed by atoms with Crippen LogP contribution in [0.3, 0.4) is 0 Å². The highest BCUT2D eigenvalue weighted by molar-refractivity contribution is 6.10. The van der Waals surface area contributed by atoms with Gasteiger partial charge in [-0.1, -0.05) is 48.5 Å². The largest absolute Gasteiger partial charge is 0.444 e. The molecule has 4 aromatic heterocycles. The summed E-state index contributed by atoms with van der Waals surface area (Å²) >= 11 is 0. The molecule has 8 rings (SSSR count). The molecule has 39 heavy (non-hydrogen) atoms. The average molecular weight is 505 g/mol. The van der Waals surface area contributed by atoms with Gasteiger partial charge < -0.3 is 13.4 Å². The quantitative estimate of drug-likeness (QED) is 0.241. The fraction of sp³-hybridized carbons (Fsp3) is 0. The summed E-state index contributed by atoms with van der Waals surface area (Å²) in [4.78, 5) is 13.7. The summed E-state index contributed by atoms with van der Waals surface area (Å²) in [5.41, 5.74) is 8.34. The Balaban J connectivity index is 1.34. The normalized spacial score (nSPS) is 11.6. The van der Waals surface area contributed by atoms with Crippen molar-refractivity contribution in [1.29, 1.82) is 0 Å². The van der Waals surface area contributed by atoms with Gasteiger partial charge in [-0.25, -0.2) is 9.97 Å². The Labute approximate surface area is 222 Å². The third-order valence-electron chi connectivity index (χ3n) is 7.06. The van der Waals surface area contributed by atoms with Crippen LogP contribution in [0.2, 0.25) is 0 Å². The van der Waals surface area contributed by atoms with Crippen molar-refractivity contribution in [2.24, 2.45) is 0 Å². The highest BCUT2D eigenvalue weighted by Crippen LogP contribution is 2.37. The number of aromatic nitrogens is 4. The predicted octanol–water partition coefficient (Wildman–Crippen LogP) is 8.31. The van der Waals surface area contributed by atoms with Crippen molar-refractivity contribution in [3.05, 3.63) is 122 Å². The van der Waals surface area contributed by atoms with Crippen molar-refractivity contribution in [3.8, 4) is 39.9 Å². The fourth-order valence-corrected chi connectivity index (χ4v) is 5.32. The molecule has 0 saturated heterocycles. The molecule has 8 aromatic rings. The lowest BCUT2D eigenvalue weighted by molar-refractivity contribution is 0.570. The lowest BCUT2D eigenvalue weighted by atomic mass is 10.1. The van der Waals surface area contributed by atoms with Crippen LogP contribution in [0.15, 0.2) is 131 Å². The molecule has 0 unspecified atom stereocenters. The van der Waals surface area contributed by atoms with E-state index < -0.39 is 0 Å². The van der Waals surface area contributed by atoms with Gasteiger partial charge in [-0.3, -0.25) is 4.98 Å². The summed E-state index contributed by atoms with van der Waals surface area (Å²) in [6, 6.07) is 35.1. The van der Waals surface area contributed by atoms with Gasteiger partial charge in [0.15, 0.2) is 5.58 Å². The van der Waals surface area contributed by atoms with Gasteiger partial charge in [0.25, 0.3) is 0 Å². The van der Waals surface area contributed by atoms with Crippen molar-refractivity contribution in [3.63, 3.8) is 0 Å². The number of benzene rings is 4. The van der Waals surface area contributed by atoms with E-state index >= 15 is 0 Å². The molecule has 0 spiro atoms. The molecule has 6 nitrogen and oxygen atoms in total. The number of pyridine rings is 1. The molecule has 0 radical (unpaired) electrons. The first kappa shape index (κ1) is 21.6. The smallest absolute Gasteiger partial charge is 0.229 e. The Morgan fingerprint density at radius 2 is 1.51 bits per heavy atom. The summed E-state index contributed by atoms with van der Waals surface area (Å²) in [6.45, 7) is 0. The van der Waals surface area contributed by atoms with Gasteiger partial charge in [0.05, 0.1) is 28.5 Å². The highest BCUT2D eigenvalue weighted by Gasteiger charge is 2.18. The predicted molar refractivity (Wildman–Crippen MR) is 153 cm³/mol. The van der Waals surface area contributed by atoms with E-state index in [1.807, 2.05) is 42.6 Å².